The van der Waals surface area contributed by atoms with Gasteiger partial charge in [-0.3, -0.25) is 0 Å². The molecule has 0 spiro atoms. The summed E-state index contributed by atoms with van der Waals surface area (Å²) in [5.41, 5.74) is 3.07. The second-order valence-electron chi connectivity index (χ2n) is 3.88. The predicted molar refractivity (Wildman–Crippen MR) is 62.5 cm³/mol. The van der Waals surface area contributed by atoms with Crippen molar-refractivity contribution in [2.45, 2.75) is 13.5 Å². The molecule has 1 nitrogen and oxygen atoms in total. The second-order valence-corrected chi connectivity index (χ2v) is 3.88. The summed E-state index contributed by atoms with van der Waals surface area (Å²) in [5, 5.41) is 9.15. The van der Waals surface area contributed by atoms with E-state index in [9.17, 15) is 8.78 Å². The maximum atomic E-state index is 13.2. The van der Waals surface area contributed by atoms with Gasteiger partial charge in [-0.15, -0.1) is 0 Å². The van der Waals surface area contributed by atoms with Crippen molar-refractivity contribution in [1.82, 2.24) is 0 Å². The van der Waals surface area contributed by atoms with E-state index < -0.39 is 11.6 Å². The van der Waals surface area contributed by atoms with Gasteiger partial charge in [-0.05, 0) is 41.3 Å². The van der Waals surface area contributed by atoms with Gasteiger partial charge in [0.1, 0.15) is 0 Å². The highest BCUT2D eigenvalue weighted by Gasteiger charge is 2.08. The van der Waals surface area contributed by atoms with Crippen LogP contribution in [0.5, 0.6) is 0 Å². The third-order valence-electron chi connectivity index (χ3n) is 2.85. The molecule has 0 bridgehead atoms. The van der Waals surface area contributed by atoms with Crippen LogP contribution in [-0.4, -0.2) is 5.11 Å². The number of aliphatic hydroxyl groups excluding tert-OH is 1. The molecule has 0 aliphatic heterocycles. The number of hydrogen-bond donors (Lipinski definition) is 1. The van der Waals surface area contributed by atoms with Crippen LogP contribution < -0.4 is 0 Å². The summed E-state index contributed by atoms with van der Waals surface area (Å²) in [6, 6.07) is 9.21. The summed E-state index contributed by atoms with van der Waals surface area (Å²) < 4.78 is 26.0. The molecule has 0 atom stereocenters. The molecule has 0 radical (unpaired) electrons. The quantitative estimate of drug-likeness (QED) is 0.844. The Kier molecular flexibility index (Phi) is 3.20. The maximum absolute atomic E-state index is 13.2. The van der Waals surface area contributed by atoms with Gasteiger partial charge >= 0.3 is 0 Å². The van der Waals surface area contributed by atoms with Gasteiger partial charge in [-0.2, -0.15) is 0 Å². The Labute approximate surface area is 98.3 Å². The Bertz CT molecular complexity index is 550. The Morgan fingerprint density at radius 3 is 2.47 bits per heavy atom. The van der Waals surface area contributed by atoms with Crippen LogP contribution in [0.2, 0.25) is 0 Å². The van der Waals surface area contributed by atoms with E-state index in [0.717, 1.165) is 22.8 Å². The van der Waals surface area contributed by atoms with Crippen molar-refractivity contribution >= 4 is 0 Å². The topological polar surface area (TPSA) is 20.2 Å². The van der Waals surface area contributed by atoms with Crippen LogP contribution in [0, 0.1) is 18.6 Å². The van der Waals surface area contributed by atoms with Gasteiger partial charge in [0.05, 0.1) is 6.61 Å². The van der Waals surface area contributed by atoms with Crippen molar-refractivity contribution in [3.8, 4) is 11.1 Å². The van der Waals surface area contributed by atoms with Crippen LogP contribution >= 0.6 is 0 Å². The van der Waals surface area contributed by atoms with Gasteiger partial charge in [-0.25, -0.2) is 8.78 Å². The van der Waals surface area contributed by atoms with Crippen molar-refractivity contribution in [2.75, 3.05) is 0 Å². The smallest absolute Gasteiger partial charge is 0.159 e. The molecule has 0 fully saturated rings. The minimum atomic E-state index is -0.865. The van der Waals surface area contributed by atoms with E-state index in [1.165, 1.54) is 12.1 Å². The van der Waals surface area contributed by atoms with Crippen LogP contribution in [0.4, 0.5) is 8.78 Å². The van der Waals surface area contributed by atoms with Crippen molar-refractivity contribution in [1.29, 1.82) is 0 Å². The van der Waals surface area contributed by atoms with E-state index in [2.05, 4.69) is 0 Å². The monoisotopic (exact) mass is 234 g/mol. The minimum Gasteiger partial charge on any atom is -0.392 e. The van der Waals surface area contributed by atoms with E-state index in [0.29, 0.717) is 5.56 Å². The Hall–Kier alpha value is -1.74. The van der Waals surface area contributed by atoms with Gasteiger partial charge in [0.15, 0.2) is 11.6 Å². The fourth-order valence-corrected chi connectivity index (χ4v) is 1.83. The molecule has 0 aromatic heterocycles. The van der Waals surface area contributed by atoms with Crippen LogP contribution in [0.3, 0.4) is 0 Å². The third kappa shape index (κ3) is 2.19. The van der Waals surface area contributed by atoms with Gasteiger partial charge in [0, 0.05) is 0 Å². The van der Waals surface area contributed by atoms with E-state index >= 15 is 0 Å². The van der Waals surface area contributed by atoms with Gasteiger partial charge in [0.2, 0.25) is 0 Å². The number of aliphatic hydroxyl groups is 1. The molecule has 88 valence electrons. The first-order chi connectivity index (χ1) is 8.13. The zero-order valence-corrected chi connectivity index (χ0v) is 9.37. The van der Waals surface area contributed by atoms with Crippen molar-refractivity contribution < 1.29 is 13.9 Å². The summed E-state index contributed by atoms with van der Waals surface area (Å²) in [6.07, 6.45) is 0. The number of hydrogen-bond acceptors (Lipinski definition) is 1. The lowest BCUT2D eigenvalue weighted by Gasteiger charge is -2.10. The summed E-state index contributed by atoms with van der Waals surface area (Å²) in [6.45, 7) is 1.78. The first-order valence-electron chi connectivity index (χ1n) is 5.28. The lowest BCUT2D eigenvalue weighted by molar-refractivity contribution is 0.281. The van der Waals surface area contributed by atoms with E-state index in [1.807, 2.05) is 13.0 Å². The number of halogens is 2. The molecule has 0 aliphatic carbocycles. The van der Waals surface area contributed by atoms with Crippen molar-refractivity contribution in [2.24, 2.45) is 0 Å². The van der Waals surface area contributed by atoms with E-state index in [1.54, 1.807) is 12.1 Å². The molecule has 2 aromatic carbocycles. The van der Waals surface area contributed by atoms with Crippen molar-refractivity contribution in [3.63, 3.8) is 0 Å². The molecule has 0 heterocycles. The highest BCUT2D eigenvalue weighted by atomic mass is 19.2. The van der Waals surface area contributed by atoms with Crippen molar-refractivity contribution in [3.05, 3.63) is 59.2 Å². The number of rotatable bonds is 2. The van der Waals surface area contributed by atoms with E-state index in [-0.39, 0.29) is 6.61 Å². The van der Waals surface area contributed by atoms with Crippen LogP contribution in [-0.2, 0) is 6.61 Å². The zero-order valence-electron chi connectivity index (χ0n) is 9.37. The van der Waals surface area contributed by atoms with Crippen LogP contribution in [0.15, 0.2) is 36.4 Å². The summed E-state index contributed by atoms with van der Waals surface area (Å²) in [5.74, 6) is -1.72. The molecular weight excluding hydrogens is 222 g/mol. The lowest BCUT2D eigenvalue weighted by Crippen LogP contribution is -1.93. The summed E-state index contributed by atoms with van der Waals surface area (Å²) in [7, 11) is 0. The molecule has 3 heteroatoms. The Balaban J connectivity index is 2.56. The van der Waals surface area contributed by atoms with Gasteiger partial charge in [-0.1, -0.05) is 24.3 Å². The Morgan fingerprint density at radius 2 is 1.82 bits per heavy atom. The fourth-order valence-electron chi connectivity index (χ4n) is 1.83. The SMILES string of the molecule is Cc1c(CO)cccc1-c1ccc(F)c(F)c1. The normalized spacial score (nSPS) is 10.6. The highest BCUT2D eigenvalue weighted by molar-refractivity contribution is 5.68. The number of benzene rings is 2. The largest absolute Gasteiger partial charge is 0.392 e. The standard InChI is InChI=1S/C14H12F2O/c1-9-11(8-17)3-2-4-12(9)10-5-6-13(15)14(16)7-10/h2-7,17H,8H2,1H3. The second kappa shape index (κ2) is 4.63. The molecule has 0 saturated carbocycles. The molecule has 0 aliphatic rings. The van der Waals surface area contributed by atoms with Crippen LogP contribution in [0.1, 0.15) is 11.1 Å². The molecular formula is C14H12F2O. The van der Waals surface area contributed by atoms with Gasteiger partial charge < -0.3 is 5.11 Å². The predicted octanol–water partition coefficient (Wildman–Crippen LogP) is 3.43. The third-order valence-corrected chi connectivity index (χ3v) is 2.85. The summed E-state index contributed by atoms with van der Waals surface area (Å²) in [4.78, 5) is 0. The average molecular weight is 234 g/mol. The summed E-state index contributed by atoms with van der Waals surface area (Å²) >= 11 is 0. The maximum Gasteiger partial charge on any atom is 0.159 e. The molecule has 0 amide bonds. The molecule has 2 aromatic rings. The molecule has 2 rings (SSSR count). The van der Waals surface area contributed by atoms with E-state index in [4.69, 9.17) is 5.11 Å². The minimum absolute atomic E-state index is 0.0661. The van der Waals surface area contributed by atoms with Gasteiger partial charge in [0.25, 0.3) is 0 Å². The molecule has 0 saturated heterocycles. The fraction of sp³-hybridized carbons (Fsp3) is 0.143. The first kappa shape index (κ1) is 11.7. The molecule has 0 unspecified atom stereocenters. The zero-order chi connectivity index (χ0) is 12.4. The molecule has 17 heavy (non-hydrogen) atoms. The Morgan fingerprint density at radius 1 is 1.06 bits per heavy atom. The van der Waals surface area contributed by atoms with Crippen LogP contribution in [0.25, 0.3) is 11.1 Å². The first-order valence-corrected chi connectivity index (χ1v) is 5.28. The highest BCUT2D eigenvalue weighted by Crippen LogP contribution is 2.26. The molecule has 1 N–H and O–H groups in total. The lowest BCUT2D eigenvalue weighted by atomic mass is 9.97. The average Bonchev–Trinajstić information content (AvgIpc) is 2.33.